The first-order valence-electron chi connectivity index (χ1n) is 12.2. The van der Waals surface area contributed by atoms with Crippen LogP contribution in [0.25, 0.3) is 33.5 Å². The lowest BCUT2D eigenvalue weighted by molar-refractivity contribution is 0.0466. The zero-order valence-electron chi connectivity index (χ0n) is 21.3. The fourth-order valence-electron chi connectivity index (χ4n) is 4.76. The van der Waals surface area contributed by atoms with Gasteiger partial charge in [-0.2, -0.15) is 0 Å². The molecule has 0 bridgehead atoms. The Balaban J connectivity index is 1.40. The number of benzene rings is 2. The van der Waals surface area contributed by atoms with Crippen molar-refractivity contribution in [1.29, 1.82) is 0 Å². The number of hydrogen-bond acceptors (Lipinski definition) is 5. The van der Waals surface area contributed by atoms with Crippen LogP contribution >= 0.6 is 0 Å². The lowest BCUT2D eigenvalue weighted by Gasteiger charge is -2.31. The van der Waals surface area contributed by atoms with E-state index in [-0.39, 0.29) is 18.2 Å². The summed E-state index contributed by atoms with van der Waals surface area (Å²) in [4.78, 5) is 35.0. The van der Waals surface area contributed by atoms with Crippen molar-refractivity contribution in [3.05, 3.63) is 47.5 Å². The molecule has 194 valence electrons. The number of halogens is 1. The summed E-state index contributed by atoms with van der Waals surface area (Å²) < 4.78 is 20.9. The molecule has 3 heterocycles. The molecular formula is C27H30FN5O4. The fraction of sp³-hybridized carbons (Fsp3) is 0.370. The average Bonchev–Trinajstić information content (AvgIpc) is 3.40. The molecule has 3 N–H and O–H groups in total. The highest BCUT2D eigenvalue weighted by Crippen LogP contribution is 2.32. The fourth-order valence-corrected chi connectivity index (χ4v) is 4.76. The van der Waals surface area contributed by atoms with E-state index < -0.39 is 24.4 Å². The number of H-pyrrole nitrogens is 1. The maximum atomic E-state index is 13.7. The molecule has 1 aliphatic rings. The highest BCUT2D eigenvalue weighted by molar-refractivity contribution is 6.00. The van der Waals surface area contributed by atoms with Crippen molar-refractivity contribution in [3.8, 4) is 17.3 Å². The molecule has 5 rings (SSSR count). The van der Waals surface area contributed by atoms with E-state index in [4.69, 9.17) is 9.72 Å². The van der Waals surface area contributed by atoms with Crippen LogP contribution in [0.5, 0.6) is 5.75 Å². The number of carbonyl (C=O) groups is 2. The van der Waals surface area contributed by atoms with Crippen LogP contribution in [0.4, 0.5) is 9.18 Å². The Morgan fingerprint density at radius 3 is 2.78 bits per heavy atom. The van der Waals surface area contributed by atoms with Crippen molar-refractivity contribution in [2.45, 2.75) is 38.8 Å². The summed E-state index contributed by atoms with van der Waals surface area (Å²) in [5, 5.41) is 13.6. The minimum absolute atomic E-state index is 0.0398. The molecule has 4 aromatic rings. The van der Waals surface area contributed by atoms with Gasteiger partial charge in [0.1, 0.15) is 18.0 Å². The van der Waals surface area contributed by atoms with Gasteiger partial charge in [-0.15, -0.1) is 0 Å². The number of carbonyl (C=O) groups excluding carboxylic acids is 2. The van der Waals surface area contributed by atoms with Crippen molar-refractivity contribution >= 4 is 33.9 Å². The van der Waals surface area contributed by atoms with Crippen LogP contribution in [-0.2, 0) is 18.2 Å². The normalized spacial score (nSPS) is 14.7. The third-order valence-electron chi connectivity index (χ3n) is 6.50. The van der Waals surface area contributed by atoms with Crippen LogP contribution in [0.2, 0.25) is 0 Å². The number of aromatic amines is 1. The summed E-state index contributed by atoms with van der Waals surface area (Å²) in [6, 6.07) is 10.1. The molecule has 0 radical (unpaired) electrons. The van der Waals surface area contributed by atoms with Gasteiger partial charge in [0.25, 0.3) is 5.91 Å². The van der Waals surface area contributed by atoms with Crippen molar-refractivity contribution in [1.82, 2.24) is 24.8 Å². The maximum absolute atomic E-state index is 13.7. The summed E-state index contributed by atoms with van der Waals surface area (Å²) >= 11 is 0. The van der Waals surface area contributed by atoms with E-state index in [1.807, 2.05) is 29.8 Å². The number of rotatable bonds is 5. The molecule has 1 aliphatic heterocycles. The molecule has 2 amide bonds. The first kappa shape index (κ1) is 24.6. The number of phenols is 1. The lowest BCUT2D eigenvalue weighted by Crippen LogP contribution is -2.50. The van der Waals surface area contributed by atoms with E-state index in [9.17, 15) is 19.1 Å². The van der Waals surface area contributed by atoms with Crippen LogP contribution < -0.4 is 5.32 Å². The Labute approximate surface area is 213 Å². The van der Waals surface area contributed by atoms with Gasteiger partial charge in [0.05, 0.1) is 28.3 Å². The number of aromatic nitrogens is 3. The standard InChI is InChI=1S/C27H30FN5O4/c1-27(2,3)37-26(36)29-17(13-28)14-33-9-8-15-11-21-19(12-18(15)25(33)35)31-24(32(21)4)20-10-16-6-5-7-22(34)23(16)30-20/h5-7,10-12,17,30,34H,8-9,13-14H2,1-4H3,(H,29,36)/t17-/m1/s1. The van der Waals surface area contributed by atoms with Gasteiger partial charge in [-0.25, -0.2) is 14.2 Å². The summed E-state index contributed by atoms with van der Waals surface area (Å²) in [6.07, 6.45) is -0.114. The Kier molecular flexibility index (Phi) is 6.05. The SMILES string of the molecule is Cn1c(-c2cc3cccc(O)c3[nH]2)nc2cc3c(cc21)CCN(C[C@@H](CF)NC(=O)OC(C)(C)C)C3=O. The minimum atomic E-state index is -0.871. The van der Waals surface area contributed by atoms with E-state index in [0.717, 1.165) is 22.2 Å². The summed E-state index contributed by atoms with van der Waals surface area (Å²) in [5.41, 5.74) is 3.64. The summed E-state index contributed by atoms with van der Waals surface area (Å²) in [7, 11) is 1.91. The molecule has 0 fully saturated rings. The number of alkyl carbamates (subject to hydrolysis) is 1. The van der Waals surface area contributed by atoms with Gasteiger partial charge in [-0.05, 0) is 57.0 Å². The Morgan fingerprint density at radius 2 is 2.08 bits per heavy atom. The van der Waals surface area contributed by atoms with Gasteiger partial charge in [-0.1, -0.05) is 12.1 Å². The highest BCUT2D eigenvalue weighted by Gasteiger charge is 2.29. The van der Waals surface area contributed by atoms with Crippen LogP contribution in [0.3, 0.4) is 0 Å². The number of hydrogen-bond donors (Lipinski definition) is 3. The van der Waals surface area contributed by atoms with Crippen LogP contribution in [0.15, 0.2) is 36.4 Å². The molecule has 0 saturated carbocycles. The lowest BCUT2D eigenvalue weighted by atomic mass is 9.97. The Hall–Kier alpha value is -4.08. The molecule has 9 nitrogen and oxygen atoms in total. The third-order valence-corrected chi connectivity index (χ3v) is 6.50. The molecule has 2 aromatic carbocycles. The third kappa shape index (κ3) is 4.71. The molecule has 2 aromatic heterocycles. The second-order valence-corrected chi connectivity index (χ2v) is 10.4. The van der Waals surface area contributed by atoms with E-state index in [1.54, 1.807) is 43.9 Å². The van der Waals surface area contributed by atoms with Gasteiger partial charge >= 0.3 is 6.09 Å². The molecule has 0 spiro atoms. The summed E-state index contributed by atoms with van der Waals surface area (Å²) in [5.74, 6) is 0.614. The number of aromatic hydroxyl groups is 1. The number of nitrogens with zero attached hydrogens (tertiary/aromatic N) is 3. The minimum Gasteiger partial charge on any atom is -0.506 e. The number of fused-ring (bicyclic) bond motifs is 3. The zero-order valence-corrected chi connectivity index (χ0v) is 21.3. The number of ether oxygens (including phenoxy) is 1. The second kappa shape index (κ2) is 9.10. The average molecular weight is 508 g/mol. The summed E-state index contributed by atoms with van der Waals surface area (Å²) in [6.45, 7) is 4.82. The van der Waals surface area contributed by atoms with E-state index in [1.165, 1.54) is 0 Å². The maximum Gasteiger partial charge on any atom is 0.408 e. The van der Waals surface area contributed by atoms with Gasteiger partial charge in [0.15, 0.2) is 5.82 Å². The predicted octanol–water partition coefficient (Wildman–Crippen LogP) is 4.29. The van der Waals surface area contributed by atoms with Gasteiger partial charge in [-0.3, -0.25) is 4.79 Å². The van der Waals surface area contributed by atoms with Crippen LogP contribution in [0.1, 0.15) is 36.7 Å². The van der Waals surface area contributed by atoms with Crippen LogP contribution in [-0.4, -0.2) is 67.9 Å². The molecule has 0 aliphatic carbocycles. The smallest absolute Gasteiger partial charge is 0.408 e. The Morgan fingerprint density at radius 1 is 1.30 bits per heavy atom. The first-order chi connectivity index (χ1) is 17.5. The molecule has 37 heavy (non-hydrogen) atoms. The highest BCUT2D eigenvalue weighted by atomic mass is 19.1. The molecule has 1 atom stereocenters. The van der Waals surface area contributed by atoms with Gasteiger partial charge < -0.3 is 29.6 Å². The molecule has 0 saturated heterocycles. The molecular weight excluding hydrogens is 477 g/mol. The molecule has 0 unspecified atom stereocenters. The quantitative estimate of drug-likeness (QED) is 0.373. The van der Waals surface area contributed by atoms with E-state index in [0.29, 0.717) is 35.4 Å². The van der Waals surface area contributed by atoms with Crippen molar-refractivity contribution in [2.75, 3.05) is 19.8 Å². The Bertz CT molecular complexity index is 1520. The number of alkyl halides is 1. The number of para-hydroxylation sites is 1. The number of nitrogens with one attached hydrogen (secondary N) is 2. The van der Waals surface area contributed by atoms with Crippen molar-refractivity contribution in [2.24, 2.45) is 7.05 Å². The topological polar surface area (TPSA) is 112 Å². The second-order valence-electron chi connectivity index (χ2n) is 10.4. The number of phenolic OH excluding ortho intramolecular Hbond substituents is 1. The van der Waals surface area contributed by atoms with Crippen molar-refractivity contribution in [3.63, 3.8) is 0 Å². The molecule has 10 heteroatoms. The van der Waals surface area contributed by atoms with Crippen LogP contribution in [0, 0.1) is 0 Å². The van der Waals surface area contributed by atoms with Gasteiger partial charge in [0.2, 0.25) is 0 Å². The predicted molar refractivity (Wildman–Crippen MR) is 138 cm³/mol. The monoisotopic (exact) mass is 507 g/mol. The van der Waals surface area contributed by atoms with Gasteiger partial charge in [0, 0.05) is 31.1 Å². The first-order valence-corrected chi connectivity index (χ1v) is 12.2. The number of amides is 2. The zero-order chi connectivity index (χ0) is 26.5. The largest absolute Gasteiger partial charge is 0.506 e. The van der Waals surface area contributed by atoms with E-state index >= 15 is 0 Å². The number of imidazole rings is 1. The number of aryl methyl sites for hydroxylation is 1. The van der Waals surface area contributed by atoms with E-state index in [2.05, 4.69) is 10.3 Å². The van der Waals surface area contributed by atoms with Crippen molar-refractivity contribution < 1.29 is 23.8 Å².